The number of rotatable bonds is 6. The maximum absolute atomic E-state index is 13.0. The normalized spacial score (nSPS) is 15.9. The van der Waals surface area contributed by atoms with E-state index in [2.05, 4.69) is 38.1 Å². The Balaban J connectivity index is 1.48. The lowest BCUT2D eigenvalue weighted by atomic mass is 10.0. The van der Waals surface area contributed by atoms with Crippen LogP contribution < -0.4 is 0 Å². The van der Waals surface area contributed by atoms with Gasteiger partial charge in [0.05, 0.1) is 11.1 Å². The SMILES string of the molecule is CC(C)c1ccc(CN(C(=O)CN2C(=O)c3ccccc3C2=O)C2CC2)cc1. The molecule has 2 aromatic carbocycles. The van der Waals surface area contributed by atoms with Gasteiger partial charge < -0.3 is 4.90 Å². The van der Waals surface area contributed by atoms with Gasteiger partial charge in [0, 0.05) is 12.6 Å². The fourth-order valence-electron chi connectivity index (χ4n) is 3.62. The van der Waals surface area contributed by atoms with Crippen molar-refractivity contribution in [1.29, 1.82) is 0 Å². The van der Waals surface area contributed by atoms with Crippen molar-refractivity contribution in [2.45, 2.75) is 45.2 Å². The Bertz CT molecular complexity index is 894. The number of carbonyl (C=O) groups is 3. The quantitative estimate of drug-likeness (QED) is 0.724. The molecule has 0 bridgehead atoms. The third-order valence-electron chi connectivity index (χ3n) is 5.48. The summed E-state index contributed by atoms with van der Waals surface area (Å²) in [4.78, 5) is 41.0. The Hall–Kier alpha value is -2.95. The van der Waals surface area contributed by atoms with Crippen LogP contribution in [0.25, 0.3) is 0 Å². The molecule has 0 atom stereocenters. The molecule has 1 aliphatic carbocycles. The molecule has 144 valence electrons. The minimum atomic E-state index is -0.383. The van der Waals surface area contributed by atoms with Gasteiger partial charge in [-0.2, -0.15) is 0 Å². The van der Waals surface area contributed by atoms with Crippen LogP contribution in [-0.4, -0.2) is 40.1 Å². The van der Waals surface area contributed by atoms with Crippen molar-refractivity contribution in [3.05, 3.63) is 70.8 Å². The first-order chi connectivity index (χ1) is 13.5. The molecule has 3 amide bonds. The fraction of sp³-hybridized carbons (Fsp3) is 0.348. The molecule has 4 rings (SSSR count). The standard InChI is InChI=1S/C23H24N2O3/c1-15(2)17-9-7-16(8-10-17)13-24(18-11-12-18)21(26)14-25-22(27)19-5-3-4-6-20(19)23(25)28/h3-10,15,18H,11-14H2,1-2H3. The molecule has 5 nitrogen and oxygen atoms in total. The Morgan fingerprint density at radius 2 is 1.57 bits per heavy atom. The Morgan fingerprint density at radius 3 is 2.07 bits per heavy atom. The monoisotopic (exact) mass is 376 g/mol. The van der Waals surface area contributed by atoms with Crippen LogP contribution in [0.4, 0.5) is 0 Å². The molecule has 0 aromatic heterocycles. The zero-order valence-corrected chi connectivity index (χ0v) is 16.2. The zero-order chi connectivity index (χ0) is 19.8. The number of hydrogen-bond acceptors (Lipinski definition) is 3. The number of hydrogen-bond donors (Lipinski definition) is 0. The summed E-state index contributed by atoms with van der Waals surface area (Å²) >= 11 is 0. The van der Waals surface area contributed by atoms with E-state index >= 15 is 0 Å². The van der Waals surface area contributed by atoms with Crippen LogP contribution in [0.15, 0.2) is 48.5 Å². The van der Waals surface area contributed by atoms with Gasteiger partial charge in [-0.05, 0) is 42.0 Å². The molecule has 1 fully saturated rings. The summed E-state index contributed by atoms with van der Waals surface area (Å²) in [5, 5.41) is 0. The summed E-state index contributed by atoms with van der Waals surface area (Å²) < 4.78 is 0. The highest BCUT2D eigenvalue weighted by Gasteiger charge is 2.39. The third kappa shape index (κ3) is 3.44. The second-order valence-corrected chi connectivity index (χ2v) is 7.89. The predicted molar refractivity (Wildman–Crippen MR) is 106 cm³/mol. The van der Waals surface area contributed by atoms with Crippen molar-refractivity contribution in [2.75, 3.05) is 6.54 Å². The van der Waals surface area contributed by atoms with Crippen LogP contribution in [0, 0.1) is 0 Å². The molecule has 5 heteroatoms. The summed E-state index contributed by atoms with van der Waals surface area (Å²) in [5.74, 6) is -0.481. The average Bonchev–Trinajstić information content (AvgIpc) is 3.51. The number of amides is 3. The molecule has 2 aliphatic rings. The van der Waals surface area contributed by atoms with E-state index in [-0.39, 0.29) is 30.3 Å². The highest BCUT2D eigenvalue weighted by molar-refractivity contribution is 6.22. The molecule has 2 aromatic rings. The Labute approximate surface area is 164 Å². The summed E-state index contributed by atoms with van der Waals surface area (Å²) in [6, 6.07) is 15.2. The van der Waals surface area contributed by atoms with Gasteiger partial charge in [-0.3, -0.25) is 19.3 Å². The van der Waals surface area contributed by atoms with Crippen molar-refractivity contribution < 1.29 is 14.4 Å². The minimum Gasteiger partial charge on any atom is -0.334 e. The second-order valence-electron chi connectivity index (χ2n) is 7.89. The van der Waals surface area contributed by atoms with E-state index in [0.29, 0.717) is 23.6 Å². The first kappa shape index (κ1) is 18.4. The highest BCUT2D eigenvalue weighted by atomic mass is 16.2. The van der Waals surface area contributed by atoms with Crippen LogP contribution in [0.3, 0.4) is 0 Å². The van der Waals surface area contributed by atoms with Crippen molar-refractivity contribution in [3.8, 4) is 0 Å². The van der Waals surface area contributed by atoms with E-state index in [0.717, 1.165) is 23.3 Å². The summed E-state index contributed by atoms with van der Waals surface area (Å²) in [6.45, 7) is 4.60. The Morgan fingerprint density at radius 1 is 1.00 bits per heavy atom. The first-order valence-electron chi connectivity index (χ1n) is 9.79. The number of fused-ring (bicyclic) bond motifs is 1. The van der Waals surface area contributed by atoms with Crippen LogP contribution in [-0.2, 0) is 11.3 Å². The average molecular weight is 376 g/mol. The third-order valence-corrected chi connectivity index (χ3v) is 5.48. The van der Waals surface area contributed by atoms with Crippen LogP contribution in [0.1, 0.15) is 64.4 Å². The molecule has 0 N–H and O–H groups in total. The van der Waals surface area contributed by atoms with E-state index in [4.69, 9.17) is 0 Å². The molecule has 1 saturated carbocycles. The molecular formula is C23H24N2O3. The smallest absolute Gasteiger partial charge is 0.262 e. The fourth-order valence-corrected chi connectivity index (χ4v) is 3.62. The van der Waals surface area contributed by atoms with Gasteiger partial charge in [0.1, 0.15) is 6.54 Å². The Kier molecular flexibility index (Phi) is 4.75. The van der Waals surface area contributed by atoms with Crippen LogP contribution in [0.5, 0.6) is 0 Å². The topological polar surface area (TPSA) is 57.7 Å². The van der Waals surface area contributed by atoms with Crippen LogP contribution in [0.2, 0.25) is 0 Å². The molecule has 1 aliphatic heterocycles. The molecule has 0 unspecified atom stereocenters. The van der Waals surface area contributed by atoms with E-state index in [1.807, 2.05) is 4.90 Å². The predicted octanol–water partition coefficient (Wildman–Crippen LogP) is 3.60. The highest BCUT2D eigenvalue weighted by Crippen LogP contribution is 2.30. The first-order valence-corrected chi connectivity index (χ1v) is 9.79. The van der Waals surface area contributed by atoms with Gasteiger partial charge in [-0.1, -0.05) is 50.2 Å². The summed E-state index contributed by atoms with van der Waals surface area (Å²) in [6.07, 6.45) is 1.94. The van der Waals surface area contributed by atoms with E-state index in [9.17, 15) is 14.4 Å². The number of nitrogens with zero attached hydrogens (tertiary/aromatic N) is 2. The zero-order valence-electron chi connectivity index (χ0n) is 16.2. The summed E-state index contributed by atoms with van der Waals surface area (Å²) in [7, 11) is 0. The number of benzene rings is 2. The van der Waals surface area contributed by atoms with Crippen molar-refractivity contribution in [1.82, 2.24) is 9.80 Å². The van der Waals surface area contributed by atoms with Crippen molar-refractivity contribution in [3.63, 3.8) is 0 Å². The lowest BCUT2D eigenvalue weighted by Crippen LogP contribution is -2.43. The minimum absolute atomic E-state index is 0.176. The van der Waals surface area contributed by atoms with Gasteiger partial charge in [-0.15, -0.1) is 0 Å². The van der Waals surface area contributed by atoms with Crippen molar-refractivity contribution in [2.24, 2.45) is 0 Å². The number of carbonyl (C=O) groups excluding carboxylic acids is 3. The second kappa shape index (κ2) is 7.23. The molecule has 1 heterocycles. The van der Waals surface area contributed by atoms with Gasteiger partial charge in [0.15, 0.2) is 0 Å². The lowest BCUT2D eigenvalue weighted by molar-refractivity contribution is -0.132. The largest absolute Gasteiger partial charge is 0.334 e. The van der Waals surface area contributed by atoms with E-state index < -0.39 is 0 Å². The van der Waals surface area contributed by atoms with Gasteiger partial charge >= 0.3 is 0 Å². The van der Waals surface area contributed by atoms with Crippen molar-refractivity contribution >= 4 is 17.7 Å². The molecular weight excluding hydrogens is 352 g/mol. The van der Waals surface area contributed by atoms with E-state index in [1.54, 1.807) is 24.3 Å². The van der Waals surface area contributed by atoms with Crippen LogP contribution >= 0.6 is 0 Å². The maximum Gasteiger partial charge on any atom is 0.262 e. The lowest BCUT2D eigenvalue weighted by Gasteiger charge is -2.25. The molecule has 0 saturated heterocycles. The molecule has 0 radical (unpaired) electrons. The number of imide groups is 1. The molecule has 28 heavy (non-hydrogen) atoms. The maximum atomic E-state index is 13.0. The van der Waals surface area contributed by atoms with Gasteiger partial charge in [-0.25, -0.2) is 0 Å². The van der Waals surface area contributed by atoms with Gasteiger partial charge in [0.2, 0.25) is 5.91 Å². The molecule has 0 spiro atoms. The van der Waals surface area contributed by atoms with E-state index in [1.165, 1.54) is 5.56 Å². The van der Waals surface area contributed by atoms with Gasteiger partial charge in [0.25, 0.3) is 11.8 Å². The summed E-state index contributed by atoms with van der Waals surface area (Å²) in [5.41, 5.74) is 3.08.